The van der Waals surface area contributed by atoms with Gasteiger partial charge in [0.25, 0.3) is 0 Å². The van der Waals surface area contributed by atoms with E-state index < -0.39 is 5.92 Å². The Morgan fingerprint density at radius 3 is 2.78 bits per heavy atom. The van der Waals surface area contributed by atoms with Crippen molar-refractivity contribution >= 4 is 35.0 Å². The summed E-state index contributed by atoms with van der Waals surface area (Å²) in [7, 11) is 1.52. The average molecular weight is 394 g/mol. The fourth-order valence-corrected chi connectivity index (χ4v) is 4.05. The fraction of sp³-hybridized carbons (Fsp3) is 0.526. The molecule has 0 aromatic heterocycles. The van der Waals surface area contributed by atoms with Crippen molar-refractivity contribution in [3.8, 4) is 5.75 Å². The number of anilines is 1. The second kappa shape index (κ2) is 8.17. The van der Waals surface area contributed by atoms with E-state index in [0.717, 1.165) is 19.3 Å². The van der Waals surface area contributed by atoms with Gasteiger partial charge >= 0.3 is 0 Å². The van der Waals surface area contributed by atoms with Crippen molar-refractivity contribution in [2.24, 2.45) is 17.6 Å². The molecule has 0 spiro atoms. The van der Waals surface area contributed by atoms with Crippen LogP contribution in [0.15, 0.2) is 18.2 Å². The number of carbonyl (C=O) groups excluding carboxylic acids is 3. The first kappa shape index (κ1) is 19.5. The first-order chi connectivity index (χ1) is 12.9. The van der Waals surface area contributed by atoms with Gasteiger partial charge in [0.05, 0.1) is 18.7 Å². The average Bonchev–Trinajstić information content (AvgIpc) is 3.03. The summed E-state index contributed by atoms with van der Waals surface area (Å²) in [6.45, 7) is 0.271. The molecule has 8 heteroatoms. The van der Waals surface area contributed by atoms with Crippen LogP contribution in [0.25, 0.3) is 0 Å². The molecule has 3 N–H and O–H groups in total. The maximum absolute atomic E-state index is 12.7. The number of carbonyl (C=O) groups is 3. The maximum Gasteiger partial charge on any atom is 0.227 e. The van der Waals surface area contributed by atoms with Crippen LogP contribution in [0.4, 0.5) is 5.69 Å². The van der Waals surface area contributed by atoms with Crippen LogP contribution in [0.2, 0.25) is 5.02 Å². The molecule has 1 aliphatic heterocycles. The van der Waals surface area contributed by atoms with Crippen molar-refractivity contribution in [3.05, 3.63) is 23.2 Å². The van der Waals surface area contributed by atoms with Gasteiger partial charge in [-0.25, -0.2) is 0 Å². The molecule has 27 heavy (non-hydrogen) atoms. The van der Waals surface area contributed by atoms with Gasteiger partial charge in [-0.15, -0.1) is 0 Å². The zero-order chi connectivity index (χ0) is 19.6. The largest absolute Gasteiger partial charge is 0.495 e. The van der Waals surface area contributed by atoms with E-state index in [-0.39, 0.29) is 42.6 Å². The third-order valence-electron chi connectivity index (χ3n) is 5.35. The minimum absolute atomic E-state index is 0.0754. The van der Waals surface area contributed by atoms with Crippen molar-refractivity contribution < 1.29 is 19.1 Å². The number of methoxy groups -OCH3 is 1. The third kappa shape index (κ3) is 4.35. The quantitative estimate of drug-likeness (QED) is 0.797. The summed E-state index contributed by atoms with van der Waals surface area (Å²) in [5.74, 6) is -0.734. The molecular formula is C19H24ClN3O4. The topological polar surface area (TPSA) is 102 Å². The molecule has 0 radical (unpaired) electrons. The Morgan fingerprint density at radius 2 is 2.07 bits per heavy atom. The summed E-state index contributed by atoms with van der Waals surface area (Å²) < 4.78 is 5.32. The normalized spacial score (nSPS) is 25.3. The monoisotopic (exact) mass is 393 g/mol. The molecule has 1 saturated carbocycles. The number of rotatable bonds is 5. The minimum Gasteiger partial charge on any atom is -0.495 e. The number of primary amides is 1. The lowest BCUT2D eigenvalue weighted by Crippen LogP contribution is -2.44. The van der Waals surface area contributed by atoms with E-state index in [2.05, 4.69) is 5.32 Å². The first-order valence-electron chi connectivity index (χ1n) is 9.12. The van der Waals surface area contributed by atoms with E-state index >= 15 is 0 Å². The summed E-state index contributed by atoms with van der Waals surface area (Å²) >= 11 is 6.06. The van der Waals surface area contributed by atoms with Crippen molar-refractivity contribution in [2.45, 2.75) is 38.1 Å². The number of hydrogen-bond donors (Lipinski definition) is 2. The van der Waals surface area contributed by atoms with Gasteiger partial charge in [-0.2, -0.15) is 0 Å². The zero-order valence-electron chi connectivity index (χ0n) is 15.2. The van der Waals surface area contributed by atoms with Gasteiger partial charge in [-0.05, 0) is 37.5 Å². The third-order valence-corrected chi connectivity index (χ3v) is 5.59. The van der Waals surface area contributed by atoms with Gasteiger partial charge in [-0.1, -0.05) is 18.0 Å². The van der Waals surface area contributed by atoms with Gasteiger partial charge in [0.2, 0.25) is 17.7 Å². The number of nitrogens with zero attached hydrogens (tertiary/aromatic N) is 1. The van der Waals surface area contributed by atoms with Crippen molar-refractivity contribution in [1.29, 1.82) is 0 Å². The molecule has 7 nitrogen and oxygen atoms in total. The summed E-state index contributed by atoms with van der Waals surface area (Å²) in [6.07, 6.45) is 3.14. The van der Waals surface area contributed by atoms with E-state index in [1.807, 2.05) is 0 Å². The van der Waals surface area contributed by atoms with Crippen LogP contribution in [-0.2, 0) is 14.4 Å². The molecule has 1 aliphatic carbocycles. The molecule has 3 amide bonds. The lowest BCUT2D eigenvalue weighted by atomic mass is 9.85. The van der Waals surface area contributed by atoms with Gasteiger partial charge in [0.15, 0.2) is 0 Å². The summed E-state index contributed by atoms with van der Waals surface area (Å²) in [4.78, 5) is 38.1. The van der Waals surface area contributed by atoms with Crippen LogP contribution in [-0.4, -0.2) is 37.4 Å². The zero-order valence-corrected chi connectivity index (χ0v) is 16.0. The van der Waals surface area contributed by atoms with E-state index in [9.17, 15) is 14.4 Å². The van der Waals surface area contributed by atoms with E-state index in [4.69, 9.17) is 22.1 Å². The van der Waals surface area contributed by atoms with Crippen LogP contribution < -0.4 is 20.7 Å². The molecule has 1 heterocycles. The Kier molecular flexibility index (Phi) is 5.89. The summed E-state index contributed by atoms with van der Waals surface area (Å²) in [5, 5.41) is 3.49. The Balaban J connectivity index is 1.66. The second-order valence-electron chi connectivity index (χ2n) is 7.19. The molecule has 0 unspecified atom stereocenters. The van der Waals surface area contributed by atoms with Crippen molar-refractivity contribution in [3.63, 3.8) is 0 Å². The van der Waals surface area contributed by atoms with Gasteiger partial charge in [0, 0.05) is 29.9 Å². The van der Waals surface area contributed by atoms with E-state index in [1.54, 1.807) is 23.1 Å². The van der Waals surface area contributed by atoms with Crippen LogP contribution in [0.5, 0.6) is 5.75 Å². The predicted molar refractivity (Wildman–Crippen MR) is 102 cm³/mol. The van der Waals surface area contributed by atoms with Gasteiger partial charge in [0.1, 0.15) is 5.75 Å². The number of amides is 3. The number of nitrogens with one attached hydrogen (secondary N) is 1. The molecule has 2 fully saturated rings. The highest BCUT2D eigenvalue weighted by Gasteiger charge is 2.37. The molecule has 146 valence electrons. The first-order valence-corrected chi connectivity index (χ1v) is 9.50. The summed E-state index contributed by atoms with van der Waals surface area (Å²) in [5.41, 5.74) is 5.96. The molecule has 1 aromatic rings. The second-order valence-corrected chi connectivity index (χ2v) is 7.63. The van der Waals surface area contributed by atoms with Crippen molar-refractivity contribution in [1.82, 2.24) is 5.32 Å². The number of ether oxygens (including phenoxy) is 1. The van der Waals surface area contributed by atoms with Crippen LogP contribution in [0.3, 0.4) is 0 Å². The lowest BCUT2D eigenvalue weighted by molar-refractivity contribution is -0.128. The minimum atomic E-state index is -0.449. The summed E-state index contributed by atoms with van der Waals surface area (Å²) in [6, 6.07) is 4.97. The van der Waals surface area contributed by atoms with Gasteiger partial charge < -0.3 is 20.7 Å². The van der Waals surface area contributed by atoms with Crippen molar-refractivity contribution in [2.75, 3.05) is 18.6 Å². The smallest absolute Gasteiger partial charge is 0.227 e. The van der Waals surface area contributed by atoms with Crippen LogP contribution in [0.1, 0.15) is 32.1 Å². The fourth-order valence-electron chi connectivity index (χ4n) is 3.89. The molecule has 3 atom stereocenters. The molecule has 1 saturated heterocycles. The van der Waals surface area contributed by atoms with E-state index in [0.29, 0.717) is 22.9 Å². The number of halogens is 1. The Bertz CT molecular complexity index is 754. The lowest BCUT2D eigenvalue weighted by Gasteiger charge is -2.28. The number of nitrogens with two attached hydrogens (primary N) is 1. The van der Waals surface area contributed by atoms with E-state index in [1.165, 1.54) is 7.11 Å². The Morgan fingerprint density at radius 1 is 1.30 bits per heavy atom. The van der Waals surface area contributed by atoms with Crippen LogP contribution >= 0.6 is 11.6 Å². The molecule has 1 aromatic carbocycles. The standard InChI is InChI=1S/C19H24ClN3O4/c1-27-16-6-5-13(20)9-15(16)23-10-12(8-17(23)24)19(26)22-14-4-2-3-11(7-14)18(21)25/h5-6,9,11-12,14H,2-4,7-8,10H2,1H3,(H2,21,25)(H,22,26)/t11-,12-,14+/m1/s1. The van der Waals surface area contributed by atoms with Gasteiger partial charge in [-0.3, -0.25) is 14.4 Å². The number of hydrogen-bond acceptors (Lipinski definition) is 4. The maximum atomic E-state index is 12.7. The molecule has 0 bridgehead atoms. The Hall–Kier alpha value is -2.28. The SMILES string of the molecule is COc1ccc(Cl)cc1N1C[C@H](C(=O)N[C@H]2CCC[C@@H](C(N)=O)C2)CC1=O. The highest BCUT2D eigenvalue weighted by molar-refractivity contribution is 6.31. The van der Waals surface area contributed by atoms with Crippen LogP contribution in [0, 0.1) is 11.8 Å². The highest BCUT2D eigenvalue weighted by Crippen LogP contribution is 2.35. The predicted octanol–water partition coefficient (Wildman–Crippen LogP) is 1.86. The Labute approximate surface area is 163 Å². The molecule has 2 aliphatic rings. The molecular weight excluding hydrogens is 370 g/mol. The number of benzene rings is 1. The highest BCUT2D eigenvalue weighted by atomic mass is 35.5. The molecule has 3 rings (SSSR count).